The summed E-state index contributed by atoms with van der Waals surface area (Å²) in [6.07, 6.45) is 3.73. The minimum Gasteiger partial charge on any atom is -0.355 e. The monoisotopic (exact) mass is 408 g/mol. The van der Waals surface area contributed by atoms with E-state index in [1.165, 1.54) is 18.2 Å². The van der Waals surface area contributed by atoms with Crippen molar-refractivity contribution in [2.24, 2.45) is 0 Å². The lowest BCUT2D eigenvalue weighted by molar-refractivity contribution is -0.128. The summed E-state index contributed by atoms with van der Waals surface area (Å²) in [6, 6.07) is 5.12. The molecule has 1 unspecified atom stereocenters. The number of carbonyl (C=O) groups is 2. The minimum atomic E-state index is -0.572. The van der Waals surface area contributed by atoms with Crippen LogP contribution in [0, 0.1) is 5.82 Å². The highest BCUT2D eigenvalue weighted by molar-refractivity contribution is 6.08. The molecule has 8 nitrogen and oxygen atoms in total. The van der Waals surface area contributed by atoms with Gasteiger partial charge in [-0.2, -0.15) is 0 Å². The summed E-state index contributed by atoms with van der Waals surface area (Å²) in [6.45, 7) is 3.22. The van der Waals surface area contributed by atoms with Crippen LogP contribution in [0.4, 0.5) is 10.3 Å². The Morgan fingerprint density at radius 1 is 1.27 bits per heavy atom. The fourth-order valence-electron chi connectivity index (χ4n) is 3.44. The molecule has 30 heavy (non-hydrogen) atoms. The minimum absolute atomic E-state index is 0.125. The number of aromatic nitrogens is 3. The Morgan fingerprint density at radius 2 is 2.03 bits per heavy atom. The van der Waals surface area contributed by atoms with Crippen LogP contribution in [0.5, 0.6) is 0 Å². The van der Waals surface area contributed by atoms with E-state index >= 15 is 0 Å². The number of amides is 2. The van der Waals surface area contributed by atoms with Gasteiger partial charge in [0.1, 0.15) is 11.9 Å². The molecular weight excluding hydrogens is 387 g/mol. The number of hydrogen-bond acceptors (Lipinski definition) is 6. The second kappa shape index (κ2) is 8.02. The second-order valence-electron chi connectivity index (χ2n) is 7.12. The molecule has 154 valence electrons. The number of likely N-dealkylation sites (N-methyl/N-ethyl adjacent to an activating group) is 1. The summed E-state index contributed by atoms with van der Waals surface area (Å²) in [5, 5.41) is 6.30. The van der Waals surface area contributed by atoms with Gasteiger partial charge in [-0.3, -0.25) is 9.59 Å². The van der Waals surface area contributed by atoms with Gasteiger partial charge in [-0.1, -0.05) is 0 Å². The molecule has 4 rings (SSSR count). The van der Waals surface area contributed by atoms with Gasteiger partial charge in [0, 0.05) is 49.5 Å². The van der Waals surface area contributed by atoms with Crippen LogP contribution in [0.2, 0.25) is 0 Å². The zero-order valence-electron chi connectivity index (χ0n) is 16.6. The molecule has 2 aromatic heterocycles. The highest BCUT2D eigenvalue weighted by atomic mass is 19.1. The Labute approximate surface area is 172 Å². The molecule has 2 N–H and O–H groups in total. The summed E-state index contributed by atoms with van der Waals surface area (Å²) in [5.41, 5.74) is 1.68. The van der Waals surface area contributed by atoms with Crippen LogP contribution >= 0.6 is 0 Å². The number of benzene rings is 1. The van der Waals surface area contributed by atoms with Crippen molar-refractivity contribution in [2.45, 2.75) is 19.4 Å². The van der Waals surface area contributed by atoms with Gasteiger partial charge in [0.05, 0.1) is 16.8 Å². The van der Waals surface area contributed by atoms with E-state index in [2.05, 4.69) is 25.6 Å². The van der Waals surface area contributed by atoms with Crippen LogP contribution in [0.3, 0.4) is 0 Å². The summed E-state index contributed by atoms with van der Waals surface area (Å²) in [7, 11) is 1.70. The topological polar surface area (TPSA) is 100 Å². The van der Waals surface area contributed by atoms with Crippen molar-refractivity contribution < 1.29 is 14.0 Å². The average Bonchev–Trinajstić information content (AvgIpc) is 3.05. The number of rotatable bonds is 5. The van der Waals surface area contributed by atoms with Gasteiger partial charge in [0.15, 0.2) is 0 Å². The van der Waals surface area contributed by atoms with Gasteiger partial charge in [-0.25, -0.2) is 19.3 Å². The van der Waals surface area contributed by atoms with Crippen molar-refractivity contribution >= 4 is 28.7 Å². The van der Waals surface area contributed by atoms with Crippen LogP contribution in [-0.2, 0) is 4.79 Å². The highest BCUT2D eigenvalue weighted by Gasteiger charge is 2.31. The van der Waals surface area contributed by atoms with E-state index in [-0.39, 0.29) is 5.91 Å². The fourth-order valence-corrected chi connectivity index (χ4v) is 3.44. The van der Waals surface area contributed by atoms with Crippen LogP contribution in [-0.4, -0.2) is 57.8 Å². The smallest absolute Gasteiger partial charge is 0.252 e. The molecule has 1 aliphatic rings. The quantitative estimate of drug-likeness (QED) is 0.672. The Balaban J connectivity index is 1.74. The van der Waals surface area contributed by atoms with Crippen molar-refractivity contribution in [2.75, 3.05) is 25.5 Å². The largest absolute Gasteiger partial charge is 0.355 e. The van der Waals surface area contributed by atoms with E-state index in [0.717, 1.165) is 0 Å². The molecule has 1 aromatic carbocycles. The second-order valence-corrected chi connectivity index (χ2v) is 7.12. The third kappa shape index (κ3) is 3.78. The molecule has 0 spiro atoms. The maximum atomic E-state index is 13.8. The number of fused-ring (bicyclic) bond motifs is 1. The summed E-state index contributed by atoms with van der Waals surface area (Å²) >= 11 is 0. The van der Waals surface area contributed by atoms with Crippen molar-refractivity contribution in [3.8, 4) is 11.3 Å². The lowest BCUT2D eigenvalue weighted by Gasteiger charge is -2.14. The van der Waals surface area contributed by atoms with E-state index < -0.39 is 17.8 Å². The highest BCUT2D eigenvalue weighted by Crippen LogP contribution is 2.25. The first-order valence-corrected chi connectivity index (χ1v) is 9.68. The number of anilines is 1. The third-order valence-corrected chi connectivity index (χ3v) is 5.03. The van der Waals surface area contributed by atoms with Crippen LogP contribution in [0.15, 0.2) is 36.7 Å². The molecule has 0 aliphatic carbocycles. The summed E-state index contributed by atoms with van der Waals surface area (Å²) < 4.78 is 13.8. The molecule has 2 amide bonds. The summed E-state index contributed by atoms with van der Waals surface area (Å²) in [4.78, 5) is 39.7. The Morgan fingerprint density at radius 3 is 2.70 bits per heavy atom. The van der Waals surface area contributed by atoms with E-state index in [4.69, 9.17) is 0 Å². The predicted octanol–water partition coefficient (Wildman–Crippen LogP) is 2.22. The molecule has 1 fully saturated rings. The Hall–Kier alpha value is -3.62. The number of nitrogens with zero attached hydrogens (tertiary/aromatic N) is 4. The number of hydrogen-bond donors (Lipinski definition) is 2. The van der Waals surface area contributed by atoms with Gasteiger partial charge in [0.25, 0.3) is 5.91 Å². The fraction of sp³-hybridized carbons (Fsp3) is 0.286. The lowest BCUT2D eigenvalue weighted by Crippen LogP contribution is -2.40. The standard InChI is InChI=1S/C21H21FN6O2/c1-3-23-21-24-10-12(11-25-21)17-9-15(14-5-4-13(22)8-18(14)26-17)19(29)27-16-6-7-28(2)20(16)30/h4-5,8-11,16H,3,6-7H2,1-2H3,(H,27,29)(H,23,24,25). The van der Waals surface area contributed by atoms with E-state index in [1.54, 1.807) is 30.4 Å². The normalized spacial score (nSPS) is 16.2. The number of nitrogens with one attached hydrogen (secondary N) is 2. The van der Waals surface area contributed by atoms with Gasteiger partial charge in [0.2, 0.25) is 11.9 Å². The van der Waals surface area contributed by atoms with Gasteiger partial charge in [-0.05, 0) is 31.5 Å². The van der Waals surface area contributed by atoms with Crippen molar-refractivity contribution in [1.29, 1.82) is 0 Å². The van der Waals surface area contributed by atoms with Gasteiger partial charge >= 0.3 is 0 Å². The molecular formula is C21H21FN6O2. The predicted molar refractivity (Wildman–Crippen MR) is 110 cm³/mol. The number of halogens is 1. The number of carbonyl (C=O) groups excluding carboxylic acids is 2. The molecule has 1 atom stereocenters. The van der Waals surface area contributed by atoms with E-state index in [1.807, 2.05) is 6.92 Å². The molecule has 0 saturated carbocycles. The van der Waals surface area contributed by atoms with Crippen LogP contribution in [0.25, 0.3) is 22.2 Å². The van der Waals surface area contributed by atoms with Crippen molar-refractivity contribution in [1.82, 2.24) is 25.2 Å². The lowest BCUT2D eigenvalue weighted by atomic mass is 10.0. The van der Waals surface area contributed by atoms with Crippen LogP contribution in [0.1, 0.15) is 23.7 Å². The van der Waals surface area contributed by atoms with Crippen molar-refractivity contribution in [3.05, 3.63) is 48.0 Å². The zero-order chi connectivity index (χ0) is 21.3. The molecule has 1 saturated heterocycles. The third-order valence-electron chi connectivity index (χ3n) is 5.03. The first kappa shape index (κ1) is 19.7. The first-order valence-electron chi connectivity index (χ1n) is 9.68. The molecule has 0 radical (unpaired) electrons. The summed E-state index contributed by atoms with van der Waals surface area (Å²) in [5.74, 6) is -0.505. The average molecular weight is 408 g/mol. The number of pyridine rings is 1. The first-order chi connectivity index (χ1) is 14.5. The molecule has 0 bridgehead atoms. The van der Waals surface area contributed by atoms with Gasteiger partial charge in [-0.15, -0.1) is 0 Å². The maximum absolute atomic E-state index is 13.8. The van der Waals surface area contributed by atoms with Crippen LogP contribution < -0.4 is 10.6 Å². The van der Waals surface area contributed by atoms with E-state index in [9.17, 15) is 14.0 Å². The molecule has 3 heterocycles. The maximum Gasteiger partial charge on any atom is 0.252 e. The molecule has 9 heteroatoms. The zero-order valence-corrected chi connectivity index (χ0v) is 16.6. The van der Waals surface area contributed by atoms with Gasteiger partial charge < -0.3 is 15.5 Å². The van der Waals surface area contributed by atoms with Crippen molar-refractivity contribution in [3.63, 3.8) is 0 Å². The molecule has 3 aromatic rings. The van der Waals surface area contributed by atoms with E-state index in [0.29, 0.717) is 53.2 Å². The molecule has 1 aliphatic heterocycles. The Bertz CT molecular complexity index is 1120. The number of likely N-dealkylation sites (tertiary alicyclic amines) is 1. The Kier molecular flexibility index (Phi) is 5.26. The SMILES string of the molecule is CCNc1ncc(-c2cc(C(=O)NC3CCN(C)C3=O)c3ccc(F)cc3n2)cn1.